The summed E-state index contributed by atoms with van der Waals surface area (Å²) in [7, 11) is 1.36. The highest BCUT2D eigenvalue weighted by Gasteiger charge is 2.37. The average Bonchev–Trinajstić information content (AvgIpc) is 2.42. The van der Waals surface area contributed by atoms with Crippen LogP contribution >= 0.6 is 50.1 Å². The number of rotatable bonds is 3. The molecule has 0 radical (unpaired) electrons. The first-order valence-corrected chi connectivity index (χ1v) is 7.72. The van der Waals surface area contributed by atoms with Gasteiger partial charge in [0.2, 0.25) is 11.2 Å². The van der Waals surface area contributed by atoms with Crippen molar-refractivity contribution >= 4 is 56.1 Å². The molecule has 106 valence electrons. The Morgan fingerprint density at radius 2 is 2.35 bits per heavy atom. The normalized spacial score (nSPS) is 21.8. The smallest absolute Gasteiger partial charge is 0.326 e. The van der Waals surface area contributed by atoms with E-state index in [1.807, 2.05) is 28.7 Å². The SMILES string of the molecule is COC(=O)[C@@]1(I)C=C(Oc2ccnc(Cl)n2)C(Br)=CC1. The van der Waals surface area contributed by atoms with Crippen LogP contribution in [0.1, 0.15) is 6.42 Å². The van der Waals surface area contributed by atoms with E-state index in [0.717, 1.165) is 4.48 Å². The Labute approximate surface area is 142 Å². The molecular weight excluding hydrogens is 462 g/mol. The Morgan fingerprint density at radius 1 is 1.60 bits per heavy atom. The van der Waals surface area contributed by atoms with Crippen LogP contribution in [-0.4, -0.2) is 26.5 Å². The van der Waals surface area contributed by atoms with Crippen LogP contribution in [-0.2, 0) is 9.53 Å². The third-order valence-corrected chi connectivity index (χ3v) is 4.60. The molecule has 0 spiro atoms. The van der Waals surface area contributed by atoms with Crippen molar-refractivity contribution in [3.63, 3.8) is 0 Å². The monoisotopic (exact) mass is 470 g/mol. The molecule has 1 aromatic rings. The highest BCUT2D eigenvalue weighted by atomic mass is 127. The second-order valence-corrected chi connectivity index (χ2v) is 7.00. The molecule has 0 unspecified atom stereocenters. The van der Waals surface area contributed by atoms with Crippen LogP contribution in [0.2, 0.25) is 5.28 Å². The molecule has 0 aromatic carbocycles. The lowest BCUT2D eigenvalue weighted by Gasteiger charge is -2.24. The van der Waals surface area contributed by atoms with Crippen LogP contribution in [0.4, 0.5) is 0 Å². The number of hydrogen-bond donors (Lipinski definition) is 0. The molecule has 20 heavy (non-hydrogen) atoms. The van der Waals surface area contributed by atoms with Crippen molar-refractivity contribution < 1.29 is 14.3 Å². The average molecular weight is 471 g/mol. The van der Waals surface area contributed by atoms with E-state index in [4.69, 9.17) is 21.1 Å². The molecule has 0 aliphatic heterocycles. The van der Waals surface area contributed by atoms with Gasteiger partial charge < -0.3 is 9.47 Å². The van der Waals surface area contributed by atoms with Crippen LogP contribution in [0.3, 0.4) is 0 Å². The van der Waals surface area contributed by atoms with Crippen molar-refractivity contribution in [1.82, 2.24) is 9.97 Å². The number of halogens is 3. The van der Waals surface area contributed by atoms with E-state index < -0.39 is 3.42 Å². The molecule has 0 bridgehead atoms. The van der Waals surface area contributed by atoms with Crippen molar-refractivity contribution in [2.24, 2.45) is 0 Å². The zero-order valence-electron chi connectivity index (χ0n) is 10.3. The van der Waals surface area contributed by atoms with E-state index >= 15 is 0 Å². The molecule has 5 nitrogen and oxygen atoms in total. The largest absolute Gasteiger partial charge is 0.468 e. The van der Waals surface area contributed by atoms with Gasteiger partial charge in [-0.05, 0) is 40.0 Å². The summed E-state index contributed by atoms with van der Waals surface area (Å²) in [5.74, 6) is 0.439. The summed E-state index contributed by atoms with van der Waals surface area (Å²) in [6, 6.07) is 1.58. The van der Waals surface area contributed by atoms with Gasteiger partial charge in [0, 0.05) is 12.3 Å². The molecular formula is C12H9BrClIN2O3. The van der Waals surface area contributed by atoms with Gasteiger partial charge in [0.1, 0.15) is 9.18 Å². The molecule has 0 saturated heterocycles. The number of esters is 1. The summed E-state index contributed by atoms with van der Waals surface area (Å²) in [6.45, 7) is 0. The molecule has 0 N–H and O–H groups in total. The fourth-order valence-corrected chi connectivity index (χ4v) is 2.77. The number of alkyl halides is 1. The fraction of sp³-hybridized carbons (Fsp3) is 0.250. The van der Waals surface area contributed by atoms with Crippen molar-refractivity contribution in [3.05, 3.63) is 39.9 Å². The summed E-state index contributed by atoms with van der Waals surface area (Å²) >= 11 is 11.1. The number of carbonyl (C=O) groups is 1. The lowest BCUT2D eigenvalue weighted by Crippen LogP contribution is -2.33. The number of allylic oxidation sites excluding steroid dienone is 2. The Balaban J connectivity index is 2.28. The molecule has 1 aromatic heterocycles. The van der Waals surface area contributed by atoms with E-state index in [0.29, 0.717) is 18.1 Å². The van der Waals surface area contributed by atoms with Crippen LogP contribution in [0, 0.1) is 0 Å². The van der Waals surface area contributed by atoms with Gasteiger partial charge in [-0.15, -0.1) is 0 Å². The van der Waals surface area contributed by atoms with E-state index in [9.17, 15) is 4.79 Å². The van der Waals surface area contributed by atoms with Gasteiger partial charge in [-0.3, -0.25) is 4.79 Å². The van der Waals surface area contributed by atoms with Crippen LogP contribution in [0.15, 0.2) is 34.7 Å². The molecule has 8 heteroatoms. The van der Waals surface area contributed by atoms with E-state index in [2.05, 4.69) is 25.9 Å². The molecule has 1 aliphatic carbocycles. The Hall–Kier alpha value is -0.670. The quantitative estimate of drug-likeness (QED) is 0.293. The van der Waals surface area contributed by atoms with Gasteiger partial charge in [-0.1, -0.05) is 28.7 Å². The maximum atomic E-state index is 11.8. The van der Waals surface area contributed by atoms with Gasteiger partial charge in [-0.25, -0.2) is 4.98 Å². The van der Waals surface area contributed by atoms with E-state index in [1.165, 1.54) is 13.3 Å². The van der Waals surface area contributed by atoms with Crippen molar-refractivity contribution in [2.75, 3.05) is 7.11 Å². The lowest BCUT2D eigenvalue weighted by atomic mass is 10.00. The minimum absolute atomic E-state index is 0.0905. The number of carbonyl (C=O) groups excluding carboxylic acids is 1. The minimum atomic E-state index is -0.796. The third-order valence-electron chi connectivity index (χ3n) is 2.51. The van der Waals surface area contributed by atoms with Gasteiger partial charge in [0.25, 0.3) is 0 Å². The second-order valence-electron chi connectivity index (χ2n) is 3.88. The Bertz CT molecular complexity index is 608. The van der Waals surface area contributed by atoms with Gasteiger partial charge in [0.05, 0.1) is 11.6 Å². The first-order valence-electron chi connectivity index (χ1n) is 5.47. The van der Waals surface area contributed by atoms with Gasteiger partial charge in [0.15, 0.2) is 0 Å². The van der Waals surface area contributed by atoms with E-state index in [1.54, 1.807) is 12.1 Å². The minimum Gasteiger partial charge on any atom is -0.468 e. The number of aromatic nitrogens is 2. The maximum Gasteiger partial charge on any atom is 0.326 e. The molecule has 0 saturated carbocycles. The number of methoxy groups -OCH3 is 1. The Morgan fingerprint density at radius 3 is 3.00 bits per heavy atom. The van der Waals surface area contributed by atoms with E-state index in [-0.39, 0.29) is 11.3 Å². The molecule has 1 heterocycles. The predicted molar refractivity (Wildman–Crippen MR) is 86.1 cm³/mol. The van der Waals surface area contributed by atoms with Crippen LogP contribution < -0.4 is 4.74 Å². The molecule has 2 rings (SSSR count). The zero-order chi connectivity index (χ0) is 14.8. The maximum absolute atomic E-state index is 11.8. The van der Waals surface area contributed by atoms with Crippen LogP contribution in [0.5, 0.6) is 5.88 Å². The summed E-state index contributed by atoms with van der Waals surface area (Å²) in [5.41, 5.74) is 0. The van der Waals surface area contributed by atoms with Gasteiger partial charge >= 0.3 is 5.97 Å². The fourth-order valence-electron chi connectivity index (χ4n) is 1.55. The topological polar surface area (TPSA) is 61.3 Å². The molecule has 0 fully saturated rings. The highest BCUT2D eigenvalue weighted by molar-refractivity contribution is 14.1. The lowest BCUT2D eigenvalue weighted by molar-refractivity contribution is -0.141. The summed E-state index contributed by atoms with van der Waals surface area (Å²) in [5, 5.41) is 0.0905. The number of nitrogens with zero attached hydrogens (tertiary/aromatic N) is 2. The number of hydrogen-bond acceptors (Lipinski definition) is 5. The molecule has 0 amide bonds. The third kappa shape index (κ3) is 3.50. The van der Waals surface area contributed by atoms with Crippen LogP contribution in [0.25, 0.3) is 0 Å². The molecule has 1 aliphatic rings. The second kappa shape index (κ2) is 6.40. The van der Waals surface area contributed by atoms with Crippen molar-refractivity contribution in [2.45, 2.75) is 9.84 Å². The van der Waals surface area contributed by atoms with Crippen molar-refractivity contribution in [1.29, 1.82) is 0 Å². The zero-order valence-corrected chi connectivity index (χ0v) is 14.8. The first kappa shape index (κ1) is 15.7. The first-order chi connectivity index (χ1) is 9.44. The number of ether oxygens (including phenoxy) is 2. The molecule has 1 atom stereocenters. The highest BCUT2D eigenvalue weighted by Crippen LogP contribution is 2.37. The standard InChI is InChI=1S/C12H9BrClIN2O3/c1-19-10(18)12(15)4-2-7(13)8(6-12)20-9-3-5-16-11(14)17-9/h2-3,5-6H,4H2,1H3/t12-/m0/s1. The Kier molecular flexibility index (Phi) is 5.03. The van der Waals surface area contributed by atoms with Gasteiger partial charge in [-0.2, -0.15) is 4.98 Å². The van der Waals surface area contributed by atoms with Crippen molar-refractivity contribution in [3.8, 4) is 5.88 Å². The predicted octanol–water partition coefficient (Wildman–Crippen LogP) is 3.42. The summed E-state index contributed by atoms with van der Waals surface area (Å²) in [6.07, 6.45) is 5.54. The summed E-state index contributed by atoms with van der Waals surface area (Å²) < 4.78 is 10.4. The summed E-state index contributed by atoms with van der Waals surface area (Å²) in [4.78, 5) is 19.5.